The number of hydrogen-bond acceptors (Lipinski definition) is 0. The zero-order valence-electron chi connectivity index (χ0n) is 3.20. The first kappa shape index (κ1) is 6.71. The van der Waals surface area contributed by atoms with Crippen molar-refractivity contribution in [3.63, 3.8) is 0 Å². The SMILES string of the molecule is [C-]1=CC=CC1.[Lu]. The Morgan fingerprint density at radius 3 is 2.50 bits per heavy atom. The predicted molar refractivity (Wildman–Crippen MR) is 21.6 cm³/mol. The third kappa shape index (κ3) is 1.99. The fourth-order valence-electron chi connectivity index (χ4n) is 0.340. The Morgan fingerprint density at radius 2 is 2.33 bits per heavy atom. The van der Waals surface area contributed by atoms with Gasteiger partial charge in [-0.05, 0) is 0 Å². The first-order chi connectivity index (χ1) is 2.50. The zero-order valence-corrected chi connectivity index (χ0v) is 4.85. The molecule has 6 heavy (non-hydrogen) atoms. The van der Waals surface area contributed by atoms with Crippen LogP contribution in [0, 0.1) is 43.0 Å². The minimum absolute atomic E-state index is 0. The van der Waals surface area contributed by atoms with Crippen molar-refractivity contribution in [1.82, 2.24) is 0 Å². The van der Waals surface area contributed by atoms with Crippen molar-refractivity contribution in [3.8, 4) is 0 Å². The fourth-order valence-corrected chi connectivity index (χ4v) is 0.340. The van der Waals surface area contributed by atoms with Crippen molar-refractivity contribution in [2.75, 3.05) is 0 Å². The summed E-state index contributed by atoms with van der Waals surface area (Å²) in [5.41, 5.74) is 0. The third-order valence-corrected chi connectivity index (χ3v) is 0.586. The fraction of sp³-hybridized carbons (Fsp3) is 0.200. The molecule has 0 aromatic carbocycles. The zero-order chi connectivity index (χ0) is 3.54. The van der Waals surface area contributed by atoms with Crippen LogP contribution in [-0.2, 0) is 0 Å². The third-order valence-electron chi connectivity index (χ3n) is 0.586. The van der Waals surface area contributed by atoms with Gasteiger partial charge in [-0.15, -0.1) is 6.42 Å². The van der Waals surface area contributed by atoms with Gasteiger partial charge in [-0.25, -0.2) is 12.2 Å². The predicted octanol–water partition coefficient (Wildman–Crippen LogP) is 1.31. The van der Waals surface area contributed by atoms with E-state index in [1.54, 1.807) is 0 Å². The van der Waals surface area contributed by atoms with Crippen LogP contribution in [-0.4, -0.2) is 0 Å². The first-order valence-corrected chi connectivity index (χ1v) is 1.72. The van der Waals surface area contributed by atoms with Crippen molar-refractivity contribution in [1.29, 1.82) is 0 Å². The Labute approximate surface area is 67.1 Å². The second kappa shape index (κ2) is 3.89. The Balaban J connectivity index is 0.000000250. The van der Waals surface area contributed by atoms with Gasteiger partial charge in [0.05, 0.1) is 0 Å². The molecule has 1 heteroatoms. The summed E-state index contributed by atoms with van der Waals surface area (Å²) in [4.78, 5) is 0. The molecule has 0 saturated carbocycles. The van der Waals surface area contributed by atoms with Gasteiger partial charge in [-0.3, -0.25) is 6.08 Å². The minimum atomic E-state index is 0. The monoisotopic (exact) mass is 240 g/mol. The van der Waals surface area contributed by atoms with E-state index in [1.165, 1.54) is 0 Å². The topological polar surface area (TPSA) is 0 Å². The molecule has 1 aliphatic rings. The van der Waals surface area contributed by atoms with Crippen LogP contribution in [0.25, 0.3) is 0 Å². The maximum Gasteiger partial charge on any atom is 0 e. The summed E-state index contributed by atoms with van der Waals surface area (Å²) >= 11 is 0. The van der Waals surface area contributed by atoms with Gasteiger partial charge in [-0.2, -0.15) is 6.08 Å². The summed E-state index contributed by atoms with van der Waals surface area (Å²) < 4.78 is 0. The second-order valence-electron chi connectivity index (χ2n) is 1.00. The molecule has 1 rings (SSSR count). The Kier molecular flexibility index (Phi) is 4.35. The maximum atomic E-state index is 2.99. The van der Waals surface area contributed by atoms with Crippen molar-refractivity contribution in [2.45, 2.75) is 6.42 Å². The van der Waals surface area contributed by atoms with E-state index >= 15 is 0 Å². The molecule has 0 aromatic rings. The number of hydrogen-bond donors (Lipinski definition) is 0. The van der Waals surface area contributed by atoms with Gasteiger partial charge in [-0.1, -0.05) is 0 Å². The number of allylic oxidation sites excluding steroid dienone is 4. The van der Waals surface area contributed by atoms with Crippen LogP contribution in [0.15, 0.2) is 18.2 Å². The molecule has 0 heterocycles. The summed E-state index contributed by atoms with van der Waals surface area (Å²) in [6.07, 6.45) is 10.0. The molecule has 0 unspecified atom stereocenters. The van der Waals surface area contributed by atoms with E-state index in [9.17, 15) is 0 Å². The molecular formula is C5H5Lu-. The summed E-state index contributed by atoms with van der Waals surface area (Å²) in [5, 5.41) is 0. The summed E-state index contributed by atoms with van der Waals surface area (Å²) in [6, 6.07) is 0. The van der Waals surface area contributed by atoms with Crippen LogP contribution in [0.2, 0.25) is 0 Å². The molecule has 0 bridgehead atoms. The smallest absolute Gasteiger partial charge is 0 e. The van der Waals surface area contributed by atoms with Gasteiger partial charge in [0.1, 0.15) is 0 Å². The Hall–Kier alpha value is 0.714. The average molecular weight is 240 g/mol. The van der Waals surface area contributed by atoms with Crippen LogP contribution in [0.1, 0.15) is 6.42 Å². The molecule has 0 saturated heterocycles. The Bertz CT molecular complexity index is 62.0. The van der Waals surface area contributed by atoms with Gasteiger partial charge in [0, 0.05) is 36.9 Å². The first-order valence-electron chi connectivity index (χ1n) is 1.72. The number of rotatable bonds is 0. The summed E-state index contributed by atoms with van der Waals surface area (Å²) in [7, 11) is 0. The van der Waals surface area contributed by atoms with E-state index < -0.39 is 0 Å². The van der Waals surface area contributed by atoms with Crippen molar-refractivity contribution < 1.29 is 36.9 Å². The quantitative estimate of drug-likeness (QED) is 0.560. The van der Waals surface area contributed by atoms with Crippen molar-refractivity contribution >= 4 is 0 Å². The van der Waals surface area contributed by atoms with Crippen molar-refractivity contribution in [3.05, 3.63) is 24.3 Å². The largest absolute Gasteiger partial charge is 0.273 e. The summed E-state index contributed by atoms with van der Waals surface area (Å²) in [5.74, 6) is 0. The molecule has 41 valence electrons. The van der Waals surface area contributed by atoms with Gasteiger partial charge >= 0.3 is 0 Å². The van der Waals surface area contributed by atoms with E-state index in [0.29, 0.717) is 0 Å². The van der Waals surface area contributed by atoms with E-state index in [2.05, 4.69) is 12.2 Å². The molecule has 1 radical (unpaired) electrons. The van der Waals surface area contributed by atoms with E-state index in [1.807, 2.05) is 12.2 Å². The molecule has 0 spiro atoms. The molecule has 0 N–H and O–H groups in total. The molecule has 0 nitrogen and oxygen atoms in total. The van der Waals surface area contributed by atoms with Gasteiger partial charge in [0.25, 0.3) is 0 Å². The molecule has 0 aliphatic heterocycles. The average Bonchev–Trinajstić information content (AvgIpc) is 1.76. The molecule has 0 amide bonds. The van der Waals surface area contributed by atoms with Gasteiger partial charge < -0.3 is 0 Å². The van der Waals surface area contributed by atoms with E-state index in [-0.39, 0.29) is 36.9 Å². The van der Waals surface area contributed by atoms with Crippen LogP contribution in [0.4, 0.5) is 0 Å². The molecule has 0 fully saturated rings. The molecule has 0 atom stereocenters. The van der Waals surface area contributed by atoms with Crippen LogP contribution in [0.3, 0.4) is 0 Å². The van der Waals surface area contributed by atoms with E-state index in [4.69, 9.17) is 0 Å². The maximum absolute atomic E-state index is 2.99. The Morgan fingerprint density at radius 1 is 1.50 bits per heavy atom. The van der Waals surface area contributed by atoms with Crippen LogP contribution in [0.5, 0.6) is 0 Å². The molecule has 0 aromatic heterocycles. The minimum Gasteiger partial charge on any atom is -0.273 e. The van der Waals surface area contributed by atoms with E-state index in [0.717, 1.165) is 6.42 Å². The molecule has 1 aliphatic carbocycles. The second-order valence-corrected chi connectivity index (χ2v) is 1.00. The van der Waals surface area contributed by atoms with Crippen LogP contribution >= 0.6 is 0 Å². The van der Waals surface area contributed by atoms with Gasteiger partial charge in [0.15, 0.2) is 0 Å². The van der Waals surface area contributed by atoms with Crippen molar-refractivity contribution in [2.24, 2.45) is 0 Å². The normalized spacial score (nSPS) is 14.7. The molecular weight excluding hydrogens is 235 g/mol. The summed E-state index contributed by atoms with van der Waals surface area (Å²) in [6.45, 7) is 0. The van der Waals surface area contributed by atoms with Gasteiger partial charge in [0.2, 0.25) is 0 Å². The van der Waals surface area contributed by atoms with Crippen LogP contribution < -0.4 is 0 Å². The standard InChI is InChI=1S/C5H5.Lu/c1-2-4-5-3-1;/h1-3H,4H2;/q-1;.